The number of carbonyl (C=O) groups is 1. The minimum Gasteiger partial charge on any atom is -0.311 e. The molecule has 0 spiro atoms. The molecule has 78 valence electrons. The van der Waals surface area contributed by atoms with E-state index in [0.717, 1.165) is 6.42 Å². The molecule has 1 amide bonds. The molecule has 0 bridgehead atoms. The Bertz CT molecular complexity index is 270. The van der Waals surface area contributed by atoms with E-state index in [0.29, 0.717) is 12.3 Å². The van der Waals surface area contributed by atoms with Crippen LogP contribution in [-0.4, -0.2) is 11.7 Å². The summed E-state index contributed by atoms with van der Waals surface area (Å²) in [4.78, 5) is 15.1. The number of aliphatic imine (C=N–C) groups is 1. The summed E-state index contributed by atoms with van der Waals surface area (Å²) in [7, 11) is 0. The van der Waals surface area contributed by atoms with Crippen molar-refractivity contribution < 1.29 is 6.22 Å². The molecule has 3 heteroatoms. The molecular formula is C11H18N2O. The van der Waals surface area contributed by atoms with E-state index in [2.05, 4.69) is 23.5 Å². The Morgan fingerprint density at radius 1 is 1.57 bits per heavy atom. The average molecular weight is 194 g/mol. The summed E-state index contributed by atoms with van der Waals surface area (Å²) >= 11 is 0. The molecule has 0 rings (SSSR count). The zero-order chi connectivity index (χ0) is 10.8. The summed E-state index contributed by atoms with van der Waals surface area (Å²) in [6.45, 7) is 8.88. The molecule has 0 fully saturated rings. The number of hydrogen-bond donors (Lipinski definition) is 1. The molecule has 1 N–H and O–H groups in total. The molecule has 0 aromatic carbocycles. The van der Waals surface area contributed by atoms with Crippen molar-refractivity contribution >= 4 is 11.7 Å². The van der Waals surface area contributed by atoms with Crippen molar-refractivity contribution in [3.05, 3.63) is 37.6 Å². The lowest BCUT2D eigenvalue weighted by atomic mass is 10.3. The van der Waals surface area contributed by atoms with Crippen molar-refractivity contribution in [2.24, 2.45) is 4.99 Å². The van der Waals surface area contributed by atoms with Crippen LogP contribution in [0, 0.1) is 0 Å². The largest absolute Gasteiger partial charge is 0.311 e. The zero-order valence-corrected chi connectivity index (χ0v) is 8.49. The van der Waals surface area contributed by atoms with Gasteiger partial charge in [0.15, 0.2) is 0 Å². The smallest absolute Gasteiger partial charge is 0.225 e. The minimum absolute atomic E-state index is 0. The number of amides is 1. The second kappa shape index (κ2) is 7.98. The van der Waals surface area contributed by atoms with Gasteiger partial charge >= 0.3 is 0 Å². The van der Waals surface area contributed by atoms with Crippen LogP contribution >= 0.6 is 0 Å². The molecule has 0 aliphatic heterocycles. The average Bonchev–Trinajstić information content (AvgIpc) is 2.17. The highest BCUT2D eigenvalue weighted by molar-refractivity contribution is 6.04. The van der Waals surface area contributed by atoms with E-state index in [9.17, 15) is 4.79 Å². The Morgan fingerprint density at radius 3 is 2.79 bits per heavy atom. The van der Waals surface area contributed by atoms with Crippen LogP contribution in [0.25, 0.3) is 0 Å². The molecule has 0 unspecified atom stereocenters. The fourth-order valence-corrected chi connectivity index (χ4v) is 0.821. The molecule has 14 heavy (non-hydrogen) atoms. The molecule has 0 heterocycles. The van der Waals surface area contributed by atoms with Gasteiger partial charge in [-0.1, -0.05) is 25.3 Å². The second-order valence-electron chi connectivity index (χ2n) is 2.56. The van der Waals surface area contributed by atoms with Crippen molar-refractivity contribution in [1.82, 2.24) is 5.32 Å². The van der Waals surface area contributed by atoms with Gasteiger partial charge in [-0.15, -0.1) is 0 Å². The minimum atomic E-state index is -0.0661. The van der Waals surface area contributed by atoms with E-state index in [-0.39, 0.29) is 7.33 Å². The maximum Gasteiger partial charge on any atom is 0.225 e. The van der Waals surface area contributed by atoms with Gasteiger partial charge in [0.2, 0.25) is 5.91 Å². The van der Waals surface area contributed by atoms with Crippen LogP contribution in [0.4, 0.5) is 0 Å². The van der Waals surface area contributed by atoms with Crippen LogP contribution in [0.15, 0.2) is 42.6 Å². The Balaban J connectivity index is 0. The van der Waals surface area contributed by atoms with E-state index in [1.165, 1.54) is 12.3 Å². The van der Waals surface area contributed by atoms with E-state index >= 15 is 0 Å². The maximum atomic E-state index is 11.3. The first kappa shape index (κ1) is 12.4. The molecule has 0 saturated carbocycles. The monoisotopic (exact) mass is 194 g/mol. The van der Waals surface area contributed by atoms with Crippen LogP contribution in [-0.2, 0) is 4.79 Å². The first-order valence-electron chi connectivity index (χ1n) is 4.46. The van der Waals surface area contributed by atoms with Crippen molar-refractivity contribution in [1.29, 1.82) is 0 Å². The van der Waals surface area contributed by atoms with Crippen molar-refractivity contribution in [3.63, 3.8) is 0 Å². The highest BCUT2D eigenvalue weighted by atomic mass is 16.1. The van der Waals surface area contributed by atoms with Gasteiger partial charge in [0.25, 0.3) is 0 Å². The lowest BCUT2D eigenvalue weighted by molar-refractivity contribution is -0.119. The number of nitrogens with one attached hydrogen (secondary N) is 1. The quantitative estimate of drug-likeness (QED) is 0.407. The number of nitrogens with zero attached hydrogens (tertiary/aromatic N) is 1. The van der Waals surface area contributed by atoms with Crippen molar-refractivity contribution in [2.75, 3.05) is 0 Å². The second-order valence-corrected chi connectivity index (χ2v) is 2.56. The summed E-state index contributed by atoms with van der Waals surface area (Å²) in [6.07, 6.45) is 7.89. The third kappa shape index (κ3) is 5.94. The van der Waals surface area contributed by atoms with Gasteiger partial charge in [0.05, 0.1) is 0 Å². The third-order valence-corrected chi connectivity index (χ3v) is 1.46. The fraction of sp³-hybridized carbons (Fsp3) is 0.273. The van der Waals surface area contributed by atoms with E-state index in [4.69, 9.17) is 0 Å². The molecule has 0 saturated heterocycles. The van der Waals surface area contributed by atoms with Crippen LogP contribution in [0.3, 0.4) is 0 Å². The van der Waals surface area contributed by atoms with Crippen molar-refractivity contribution in [2.45, 2.75) is 19.8 Å². The molecule has 0 aliphatic carbocycles. The Kier molecular flexibility index (Phi) is 7.05. The zero-order valence-electron chi connectivity index (χ0n) is 8.49. The van der Waals surface area contributed by atoms with Gasteiger partial charge in [0, 0.05) is 14.0 Å². The van der Waals surface area contributed by atoms with Crippen LogP contribution < -0.4 is 5.32 Å². The van der Waals surface area contributed by atoms with Gasteiger partial charge < -0.3 is 5.32 Å². The predicted octanol–water partition coefficient (Wildman–Crippen LogP) is 2.43. The summed E-state index contributed by atoms with van der Waals surface area (Å²) in [6, 6.07) is 0. The Labute approximate surface area is 86.4 Å². The summed E-state index contributed by atoms with van der Waals surface area (Å²) in [5, 5.41) is 2.61. The van der Waals surface area contributed by atoms with Gasteiger partial charge in [0.1, 0.15) is 5.84 Å². The van der Waals surface area contributed by atoms with Gasteiger partial charge in [-0.05, 0) is 19.4 Å². The molecule has 0 radical (unpaired) electrons. The Morgan fingerprint density at radius 2 is 2.29 bits per heavy atom. The van der Waals surface area contributed by atoms with Gasteiger partial charge in [-0.25, -0.2) is 4.99 Å². The lowest BCUT2D eigenvalue weighted by Crippen LogP contribution is -2.28. The fourth-order valence-electron chi connectivity index (χ4n) is 0.821. The summed E-state index contributed by atoms with van der Waals surface area (Å²) in [5.74, 6) is 0.370. The van der Waals surface area contributed by atoms with E-state index < -0.39 is 0 Å². The van der Waals surface area contributed by atoms with E-state index in [1.54, 1.807) is 0 Å². The summed E-state index contributed by atoms with van der Waals surface area (Å²) < 4.78 is 0. The highest BCUT2D eigenvalue weighted by Crippen LogP contribution is 1.91. The SMILES string of the molecule is C=CN=C(C=C)NC(=O)CCC=CC.[HH]. The van der Waals surface area contributed by atoms with Crippen molar-refractivity contribution in [3.8, 4) is 0 Å². The molecule has 0 aromatic rings. The number of rotatable bonds is 5. The number of amidine groups is 1. The predicted molar refractivity (Wildman–Crippen MR) is 62.1 cm³/mol. The van der Waals surface area contributed by atoms with E-state index in [1.807, 2.05) is 19.1 Å². The third-order valence-electron chi connectivity index (χ3n) is 1.46. The molecule has 0 aliphatic rings. The maximum absolute atomic E-state index is 11.3. The Hall–Kier alpha value is -1.64. The molecule has 0 aromatic heterocycles. The number of hydrogen-bond acceptors (Lipinski definition) is 2. The standard InChI is InChI=1S/C11H16N2O.H2/c1-4-7-8-9-11(14)13-10(5-2)12-6-3;/h4-7H,2-3,8-9H2,1H3,(H,12,13,14);1H. The van der Waals surface area contributed by atoms with Gasteiger partial charge in [-0.2, -0.15) is 0 Å². The van der Waals surface area contributed by atoms with Crippen LogP contribution in [0.5, 0.6) is 0 Å². The first-order chi connectivity index (χ1) is 6.74. The molecule has 3 nitrogen and oxygen atoms in total. The number of carbonyl (C=O) groups excluding carboxylic acids is 1. The summed E-state index contributed by atoms with van der Waals surface area (Å²) in [5.41, 5.74) is 0. The van der Waals surface area contributed by atoms with Gasteiger partial charge in [-0.3, -0.25) is 4.79 Å². The highest BCUT2D eigenvalue weighted by Gasteiger charge is 2.00. The lowest BCUT2D eigenvalue weighted by Gasteiger charge is -2.01. The van der Waals surface area contributed by atoms with Crippen LogP contribution in [0.2, 0.25) is 0 Å². The van der Waals surface area contributed by atoms with Crippen LogP contribution in [0.1, 0.15) is 21.2 Å². The first-order valence-corrected chi connectivity index (χ1v) is 4.46. The molecular weight excluding hydrogens is 176 g/mol. The number of allylic oxidation sites excluding steroid dienone is 2. The topological polar surface area (TPSA) is 41.5 Å². The normalized spacial score (nSPS) is 11.4. The molecule has 0 atom stereocenters.